The minimum atomic E-state index is -0.0547. The number of nitrogens with zero attached hydrogens (tertiary/aromatic N) is 4. The van der Waals surface area contributed by atoms with Crippen molar-refractivity contribution in [3.63, 3.8) is 0 Å². The Hall–Kier alpha value is -2.39. The van der Waals surface area contributed by atoms with Crippen molar-refractivity contribution in [1.82, 2.24) is 9.97 Å². The van der Waals surface area contributed by atoms with Crippen molar-refractivity contribution in [2.75, 3.05) is 17.2 Å². The van der Waals surface area contributed by atoms with Crippen molar-refractivity contribution in [1.29, 1.82) is 5.26 Å². The lowest BCUT2D eigenvalue weighted by Gasteiger charge is -2.21. The van der Waals surface area contributed by atoms with E-state index in [1.54, 1.807) is 4.90 Å². The highest BCUT2D eigenvalue weighted by molar-refractivity contribution is 7.99. The summed E-state index contributed by atoms with van der Waals surface area (Å²) in [6, 6.07) is 11.5. The lowest BCUT2D eigenvalue weighted by atomic mass is 10.2. The maximum atomic E-state index is 12.6. The van der Waals surface area contributed by atoms with Crippen LogP contribution in [0, 0.1) is 32.1 Å². The molecule has 0 bridgehead atoms. The summed E-state index contributed by atoms with van der Waals surface area (Å²) in [6.45, 7) is 6.26. The van der Waals surface area contributed by atoms with E-state index in [0.717, 1.165) is 22.6 Å². The number of carbonyl (C=O) groups excluding carboxylic acids is 1. The van der Waals surface area contributed by atoms with Gasteiger partial charge in [-0.2, -0.15) is 5.26 Å². The van der Waals surface area contributed by atoms with Gasteiger partial charge in [0, 0.05) is 23.6 Å². The van der Waals surface area contributed by atoms with Crippen LogP contribution in [0.1, 0.15) is 23.4 Å². The van der Waals surface area contributed by atoms with Gasteiger partial charge in [-0.1, -0.05) is 30.0 Å². The van der Waals surface area contributed by atoms with Crippen LogP contribution in [0.3, 0.4) is 0 Å². The molecule has 2 rings (SSSR count). The molecule has 0 atom stereocenters. The molecule has 0 saturated heterocycles. The molecule has 0 aliphatic rings. The zero-order chi connectivity index (χ0) is 17.5. The molecule has 2 aromatic rings. The Morgan fingerprint density at radius 1 is 1.17 bits per heavy atom. The molecule has 1 amide bonds. The second-order valence-electron chi connectivity index (χ2n) is 5.38. The molecule has 0 unspecified atom stereocenters. The van der Waals surface area contributed by atoms with E-state index in [2.05, 4.69) is 16.0 Å². The average Bonchev–Trinajstić information content (AvgIpc) is 2.59. The quantitative estimate of drug-likeness (QED) is 0.595. The number of hydrogen-bond acceptors (Lipinski definition) is 5. The molecule has 1 aromatic carbocycles. The third-order valence-corrected chi connectivity index (χ3v) is 4.59. The van der Waals surface area contributed by atoms with Crippen LogP contribution < -0.4 is 4.90 Å². The fraction of sp³-hybridized carbons (Fsp3) is 0.333. The van der Waals surface area contributed by atoms with E-state index in [-0.39, 0.29) is 11.7 Å². The van der Waals surface area contributed by atoms with Crippen molar-refractivity contribution >= 4 is 23.4 Å². The highest BCUT2D eigenvalue weighted by Crippen LogP contribution is 2.20. The Balaban J connectivity index is 2.09. The average molecular weight is 340 g/mol. The number of rotatable bonds is 6. The van der Waals surface area contributed by atoms with Crippen LogP contribution in [0.15, 0.2) is 35.5 Å². The van der Waals surface area contributed by atoms with Crippen LogP contribution in [0.2, 0.25) is 0 Å². The summed E-state index contributed by atoms with van der Waals surface area (Å²) in [5.74, 6) is 0.184. The molecule has 0 fully saturated rings. The van der Waals surface area contributed by atoms with Gasteiger partial charge < -0.3 is 4.90 Å². The Morgan fingerprint density at radius 3 is 2.38 bits per heavy atom. The van der Waals surface area contributed by atoms with Crippen LogP contribution in [0.5, 0.6) is 0 Å². The molecule has 5 nitrogen and oxygen atoms in total. The molecule has 0 N–H and O–H groups in total. The molecule has 1 aromatic heterocycles. The summed E-state index contributed by atoms with van der Waals surface area (Å²) in [4.78, 5) is 23.1. The Labute approximate surface area is 146 Å². The van der Waals surface area contributed by atoms with E-state index in [1.165, 1.54) is 11.8 Å². The third kappa shape index (κ3) is 4.56. The van der Waals surface area contributed by atoms with E-state index in [1.807, 2.05) is 51.1 Å². The Morgan fingerprint density at radius 2 is 1.79 bits per heavy atom. The number of aryl methyl sites for hydroxylation is 2. The molecule has 0 aliphatic heterocycles. The van der Waals surface area contributed by atoms with Gasteiger partial charge in [-0.3, -0.25) is 4.79 Å². The molecular formula is C18H20N4OS. The summed E-state index contributed by atoms with van der Waals surface area (Å²) in [6.07, 6.45) is 0.296. The van der Waals surface area contributed by atoms with Gasteiger partial charge in [-0.05, 0) is 38.5 Å². The van der Waals surface area contributed by atoms with Gasteiger partial charge in [0.05, 0.1) is 18.2 Å². The normalized spacial score (nSPS) is 10.2. The van der Waals surface area contributed by atoms with E-state index >= 15 is 0 Å². The lowest BCUT2D eigenvalue weighted by Crippen LogP contribution is -2.33. The predicted octanol–water partition coefficient (Wildman–Crippen LogP) is 3.44. The molecule has 0 aliphatic carbocycles. The smallest absolute Gasteiger partial charge is 0.237 e. The fourth-order valence-electron chi connectivity index (χ4n) is 2.18. The number of anilines is 1. The number of nitriles is 1. The molecule has 0 saturated carbocycles. The second kappa shape index (κ2) is 8.46. The first-order valence-corrected chi connectivity index (χ1v) is 8.68. The maximum absolute atomic E-state index is 12.6. The molecule has 24 heavy (non-hydrogen) atoms. The first-order valence-electron chi connectivity index (χ1n) is 7.70. The van der Waals surface area contributed by atoms with E-state index in [9.17, 15) is 4.79 Å². The standard InChI is InChI=1S/C18H20N4OS/c1-13-14(2)20-18(21-15(13)3)24-12-17(23)22(11-7-10-19)16-8-5-4-6-9-16/h4-6,8-9H,7,11-12H2,1-3H3. The second-order valence-corrected chi connectivity index (χ2v) is 6.32. The summed E-state index contributed by atoms with van der Waals surface area (Å²) in [5.41, 5.74) is 3.74. The lowest BCUT2D eigenvalue weighted by molar-refractivity contribution is -0.116. The first kappa shape index (κ1) is 18.0. The SMILES string of the molecule is Cc1nc(SCC(=O)N(CCC#N)c2ccccc2)nc(C)c1C. The predicted molar refractivity (Wildman–Crippen MR) is 96.0 cm³/mol. The highest BCUT2D eigenvalue weighted by atomic mass is 32.2. The Bertz CT molecular complexity index is 732. The number of carbonyl (C=O) groups is 1. The van der Waals surface area contributed by atoms with Gasteiger partial charge in [0.25, 0.3) is 0 Å². The zero-order valence-electron chi connectivity index (χ0n) is 14.1. The van der Waals surface area contributed by atoms with Gasteiger partial charge >= 0.3 is 0 Å². The Kier molecular flexibility index (Phi) is 6.33. The van der Waals surface area contributed by atoms with Crippen molar-refractivity contribution in [2.24, 2.45) is 0 Å². The number of amides is 1. The van der Waals surface area contributed by atoms with E-state index < -0.39 is 0 Å². The third-order valence-electron chi connectivity index (χ3n) is 3.75. The minimum absolute atomic E-state index is 0.0547. The van der Waals surface area contributed by atoms with Gasteiger partial charge in [0.1, 0.15) is 0 Å². The summed E-state index contributed by atoms with van der Waals surface area (Å²) in [7, 11) is 0. The first-order chi connectivity index (χ1) is 11.5. The van der Waals surface area contributed by atoms with Crippen molar-refractivity contribution < 1.29 is 4.79 Å². The number of para-hydroxylation sites is 1. The molecule has 0 radical (unpaired) electrons. The largest absolute Gasteiger partial charge is 0.311 e. The van der Waals surface area contributed by atoms with Gasteiger partial charge in [0.2, 0.25) is 5.91 Å². The van der Waals surface area contributed by atoms with Crippen molar-refractivity contribution in [2.45, 2.75) is 32.3 Å². The number of thioether (sulfide) groups is 1. The molecule has 124 valence electrons. The van der Waals surface area contributed by atoms with Crippen LogP contribution >= 0.6 is 11.8 Å². The number of hydrogen-bond donors (Lipinski definition) is 0. The van der Waals surface area contributed by atoms with Gasteiger partial charge in [-0.15, -0.1) is 0 Å². The van der Waals surface area contributed by atoms with Gasteiger partial charge in [-0.25, -0.2) is 9.97 Å². The van der Waals surface area contributed by atoms with Crippen LogP contribution in [0.4, 0.5) is 5.69 Å². The van der Waals surface area contributed by atoms with Crippen molar-refractivity contribution in [3.05, 3.63) is 47.3 Å². The summed E-state index contributed by atoms with van der Waals surface area (Å²) in [5, 5.41) is 9.43. The monoisotopic (exact) mass is 340 g/mol. The van der Waals surface area contributed by atoms with Crippen LogP contribution in [-0.4, -0.2) is 28.2 Å². The highest BCUT2D eigenvalue weighted by Gasteiger charge is 2.16. The van der Waals surface area contributed by atoms with E-state index in [0.29, 0.717) is 18.1 Å². The molecule has 0 spiro atoms. The molecule has 6 heteroatoms. The summed E-state index contributed by atoms with van der Waals surface area (Å²) >= 11 is 1.33. The molecule has 1 heterocycles. The van der Waals surface area contributed by atoms with E-state index in [4.69, 9.17) is 5.26 Å². The maximum Gasteiger partial charge on any atom is 0.237 e. The minimum Gasteiger partial charge on any atom is -0.311 e. The topological polar surface area (TPSA) is 69.9 Å². The van der Waals surface area contributed by atoms with Crippen LogP contribution in [0.25, 0.3) is 0 Å². The zero-order valence-corrected chi connectivity index (χ0v) is 14.9. The van der Waals surface area contributed by atoms with Gasteiger partial charge in [0.15, 0.2) is 5.16 Å². The number of benzene rings is 1. The van der Waals surface area contributed by atoms with Crippen molar-refractivity contribution in [3.8, 4) is 6.07 Å². The fourth-order valence-corrected chi connectivity index (χ4v) is 2.99. The number of aromatic nitrogens is 2. The van der Waals surface area contributed by atoms with Crippen LogP contribution in [-0.2, 0) is 4.79 Å². The summed E-state index contributed by atoms with van der Waals surface area (Å²) < 4.78 is 0. The molecular weight excluding hydrogens is 320 g/mol.